The van der Waals surface area contributed by atoms with E-state index in [2.05, 4.69) is 5.32 Å². The van der Waals surface area contributed by atoms with Crippen molar-refractivity contribution in [2.45, 2.75) is 13.3 Å². The van der Waals surface area contributed by atoms with Crippen LogP contribution in [0.2, 0.25) is 5.02 Å². The second-order valence-electron chi connectivity index (χ2n) is 5.80. The number of carbonyl (C=O) groups is 1. The minimum Gasteiger partial charge on any atom is -0.354 e. The molecule has 1 amide bonds. The number of hydrogen-bond acceptors (Lipinski definition) is 3. The van der Waals surface area contributed by atoms with Crippen LogP contribution >= 0.6 is 11.6 Å². The highest BCUT2D eigenvalue weighted by molar-refractivity contribution is 7.92. The summed E-state index contributed by atoms with van der Waals surface area (Å²) in [4.78, 5) is 12.1. The standard InChI is InChI=1S/C18H21ClN2O3S/c1-14-6-5-7-15(12-14)13-18(22)20-10-11-21(25(2,23)24)17-9-4-3-8-16(17)19/h3-9,12H,10-11,13H2,1-2H3,(H,20,22). The van der Waals surface area contributed by atoms with E-state index in [-0.39, 0.29) is 25.4 Å². The Morgan fingerprint density at radius 2 is 1.88 bits per heavy atom. The van der Waals surface area contributed by atoms with Gasteiger partial charge in [0.25, 0.3) is 0 Å². The van der Waals surface area contributed by atoms with E-state index >= 15 is 0 Å². The van der Waals surface area contributed by atoms with Gasteiger partial charge in [-0.3, -0.25) is 9.10 Å². The molecule has 0 heterocycles. The van der Waals surface area contributed by atoms with Gasteiger partial charge in [-0.2, -0.15) is 0 Å². The molecule has 0 bridgehead atoms. The molecular formula is C18H21ClN2O3S. The lowest BCUT2D eigenvalue weighted by molar-refractivity contribution is -0.120. The lowest BCUT2D eigenvalue weighted by Gasteiger charge is -2.23. The molecule has 134 valence electrons. The molecule has 0 aliphatic heterocycles. The predicted molar refractivity (Wildman–Crippen MR) is 102 cm³/mol. The second kappa shape index (κ2) is 8.36. The minimum absolute atomic E-state index is 0.113. The number of halogens is 1. The summed E-state index contributed by atoms with van der Waals surface area (Å²) in [6, 6.07) is 14.4. The van der Waals surface area contributed by atoms with Crippen LogP contribution in [0.4, 0.5) is 5.69 Å². The number of nitrogens with zero attached hydrogens (tertiary/aromatic N) is 1. The molecule has 0 aromatic heterocycles. The number of benzene rings is 2. The molecule has 1 N–H and O–H groups in total. The molecule has 0 fully saturated rings. The fourth-order valence-corrected chi connectivity index (χ4v) is 3.71. The maximum Gasteiger partial charge on any atom is 0.232 e. The van der Waals surface area contributed by atoms with E-state index < -0.39 is 10.0 Å². The SMILES string of the molecule is Cc1cccc(CC(=O)NCCN(c2ccccc2Cl)S(C)(=O)=O)c1. The summed E-state index contributed by atoms with van der Waals surface area (Å²) < 4.78 is 25.3. The van der Waals surface area contributed by atoms with E-state index in [4.69, 9.17) is 11.6 Å². The highest BCUT2D eigenvalue weighted by atomic mass is 35.5. The first-order valence-electron chi connectivity index (χ1n) is 7.82. The first-order valence-corrected chi connectivity index (χ1v) is 10.0. The van der Waals surface area contributed by atoms with Crippen molar-refractivity contribution in [3.8, 4) is 0 Å². The van der Waals surface area contributed by atoms with Crippen molar-refractivity contribution in [2.75, 3.05) is 23.7 Å². The number of aryl methyl sites for hydroxylation is 1. The van der Waals surface area contributed by atoms with E-state index in [0.717, 1.165) is 17.4 Å². The van der Waals surface area contributed by atoms with Crippen LogP contribution in [0.5, 0.6) is 0 Å². The van der Waals surface area contributed by atoms with Gasteiger partial charge < -0.3 is 5.32 Å². The Balaban J connectivity index is 1.97. The highest BCUT2D eigenvalue weighted by Gasteiger charge is 2.19. The smallest absolute Gasteiger partial charge is 0.232 e. The number of para-hydroxylation sites is 1. The van der Waals surface area contributed by atoms with Crippen molar-refractivity contribution < 1.29 is 13.2 Å². The largest absolute Gasteiger partial charge is 0.354 e. The fourth-order valence-electron chi connectivity index (χ4n) is 2.49. The number of amides is 1. The van der Waals surface area contributed by atoms with Gasteiger partial charge in [0.2, 0.25) is 15.9 Å². The molecule has 25 heavy (non-hydrogen) atoms. The topological polar surface area (TPSA) is 66.5 Å². The second-order valence-corrected chi connectivity index (χ2v) is 8.12. The molecule has 0 radical (unpaired) electrons. The maximum atomic E-state index is 12.1. The Kier molecular flexibility index (Phi) is 6.45. The zero-order valence-electron chi connectivity index (χ0n) is 14.2. The quantitative estimate of drug-likeness (QED) is 0.803. The lowest BCUT2D eigenvalue weighted by atomic mass is 10.1. The Morgan fingerprint density at radius 1 is 1.16 bits per heavy atom. The predicted octanol–water partition coefficient (Wildman–Crippen LogP) is 2.77. The third-order valence-electron chi connectivity index (χ3n) is 3.61. The molecule has 0 unspecified atom stereocenters. The average Bonchev–Trinajstić information content (AvgIpc) is 2.51. The van der Waals surface area contributed by atoms with Crippen LogP contribution in [0.25, 0.3) is 0 Å². The highest BCUT2D eigenvalue weighted by Crippen LogP contribution is 2.26. The molecule has 2 aromatic rings. The number of carbonyl (C=O) groups excluding carboxylic acids is 1. The molecule has 0 saturated carbocycles. The Morgan fingerprint density at radius 3 is 2.52 bits per heavy atom. The van der Waals surface area contributed by atoms with Gasteiger partial charge in [-0.1, -0.05) is 53.6 Å². The van der Waals surface area contributed by atoms with Crippen molar-refractivity contribution in [2.24, 2.45) is 0 Å². The van der Waals surface area contributed by atoms with Gasteiger partial charge in [0.1, 0.15) is 0 Å². The molecule has 0 aliphatic carbocycles. The average molecular weight is 381 g/mol. The Hall–Kier alpha value is -2.05. The Labute approximate surface area is 153 Å². The van der Waals surface area contributed by atoms with Crippen molar-refractivity contribution >= 4 is 33.2 Å². The fraction of sp³-hybridized carbons (Fsp3) is 0.278. The summed E-state index contributed by atoms with van der Waals surface area (Å²) in [5.41, 5.74) is 2.41. The van der Waals surface area contributed by atoms with E-state index in [0.29, 0.717) is 10.7 Å². The summed E-state index contributed by atoms with van der Waals surface area (Å²) in [6.45, 7) is 2.28. The van der Waals surface area contributed by atoms with Crippen molar-refractivity contribution in [3.63, 3.8) is 0 Å². The summed E-state index contributed by atoms with van der Waals surface area (Å²) in [5.74, 6) is -0.154. The number of anilines is 1. The number of hydrogen-bond donors (Lipinski definition) is 1. The monoisotopic (exact) mass is 380 g/mol. The molecule has 0 aliphatic rings. The van der Waals surface area contributed by atoms with Crippen LogP contribution in [-0.4, -0.2) is 33.7 Å². The van der Waals surface area contributed by atoms with Crippen LogP contribution in [0.15, 0.2) is 48.5 Å². The van der Waals surface area contributed by atoms with Gasteiger partial charge >= 0.3 is 0 Å². The third kappa shape index (κ3) is 5.76. The summed E-state index contributed by atoms with van der Waals surface area (Å²) in [5, 5.41) is 3.10. The van der Waals surface area contributed by atoms with E-state index in [1.807, 2.05) is 31.2 Å². The van der Waals surface area contributed by atoms with E-state index in [1.165, 1.54) is 4.31 Å². The zero-order valence-corrected chi connectivity index (χ0v) is 15.8. The third-order valence-corrected chi connectivity index (χ3v) is 5.11. The first-order chi connectivity index (χ1) is 11.8. The van der Waals surface area contributed by atoms with E-state index in [9.17, 15) is 13.2 Å². The van der Waals surface area contributed by atoms with Crippen molar-refractivity contribution in [1.29, 1.82) is 0 Å². The zero-order chi connectivity index (χ0) is 18.4. The van der Waals surface area contributed by atoms with Crippen molar-refractivity contribution in [3.05, 3.63) is 64.7 Å². The summed E-state index contributed by atoms with van der Waals surface area (Å²) in [6.07, 6.45) is 1.37. The molecule has 2 rings (SSSR count). The first kappa shape index (κ1) is 19.3. The molecule has 0 spiro atoms. The van der Waals surface area contributed by atoms with Gasteiger partial charge in [0.05, 0.1) is 29.9 Å². The normalized spacial score (nSPS) is 11.2. The van der Waals surface area contributed by atoms with Gasteiger partial charge in [-0.25, -0.2) is 8.42 Å². The van der Waals surface area contributed by atoms with Gasteiger partial charge in [0.15, 0.2) is 0 Å². The minimum atomic E-state index is -3.51. The molecule has 7 heteroatoms. The molecule has 0 saturated heterocycles. The van der Waals surface area contributed by atoms with Crippen molar-refractivity contribution in [1.82, 2.24) is 5.32 Å². The molecular weight excluding hydrogens is 360 g/mol. The lowest BCUT2D eigenvalue weighted by Crippen LogP contribution is -2.38. The van der Waals surface area contributed by atoms with Crippen LogP contribution in [-0.2, 0) is 21.2 Å². The van der Waals surface area contributed by atoms with Gasteiger partial charge in [0, 0.05) is 6.54 Å². The Bertz CT molecular complexity index is 853. The van der Waals surface area contributed by atoms with E-state index in [1.54, 1.807) is 24.3 Å². The van der Waals surface area contributed by atoms with Crippen LogP contribution < -0.4 is 9.62 Å². The van der Waals surface area contributed by atoms with Crippen LogP contribution in [0, 0.1) is 6.92 Å². The summed E-state index contributed by atoms with van der Waals surface area (Å²) in [7, 11) is -3.51. The number of nitrogens with one attached hydrogen (secondary N) is 1. The number of rotatable bonds is 7. The van der Waals surface area contributed by atoms with Gasteiger partial charge in [-0.15, -0.1) is 0 Å². The maximum absolute atomic E-state index is 12.1. The molecule has 5 nitrogen and oxygen atoms in total. The van der Waals surface area contributed by atoms with Gasteiger partial charge in [-0.05, 0) is 24.6 Å². The number of sulfonamides is 1. The summed E-state index contributed by atoms with van der Waals surface area (Å²) >= 11 is 6.10. The van der Waals surface area contributed by atoms with Crippen LogP contribution in [0.3, 0.4) is 0 Å². The van der Waals surface area contributed by atoms with Crippen LogP contribution in [0.1, 0.15) is 11.1 Å². The molecule has 0 atom stereocenters. The molecule has 2 aromatic carbocycles.